The van der Waals surface area contributed by atoms with Gasteiger partial charge in [0.1, 0.15) is 6.04 Å². The van der Waals surface area contributed by atoms with Gasteiger partial charge in [0, 0.05) is 30.2 Å². The molecule has 1 heterocycles. The Kier molecular flexibility index (Phi) is 6.62. The highest BCUT2D eigenvalue weighted by atomic mass is 32.2. The Bertz CT molecular complexity index is 1240. The number of nitrogens with one attached hydrogen (secondary N) is 1. The van der Waals surface area contributed by atoms with Crippen molar-refractivity contribution in [2.24, 2.45) is 5.73 Å². The summed E-state index contributed by atoms with van der Waals surface area (Å²) in [7, 11) is -3.19. The number of amides is 2. The Balaban J connectivity index is 1.93. The first kappa shape index (κ1) is 23.7. The number of nitro benzene ring substituents is 1. The van der Waals surface area contributed by atoms with E-state index in [-0.39, 0.29) is 36.2 Å². The zero-order chi connectivity index (χ0) is 24.3. The number of nitrogens with two attached hydrogens (primary N) is 1. The summed E-state index contributed by atoms with van der Waals surface area (Å²) in [6.07, 6.45) is -0.222. The summed E-state index contributed by atoms with van der Waals surface area (Å²) < 4.78 is 32.7. The molecular weight excluding hydrogens is 456 g/mol. The topological polar surface area (TPSA) is 179 Å². The molecule has 0 aliphatic carbocycles. The van der Waals surface area contributed by atoms with E-state index in [0.717, 1.165) is 17.0 Å². The van der Waals surface area contributed by atoms with E-state index in [0.29, 0.717) is 0 Å². The minimum atomic E-state index is -4.38. The van der Waals surface area contributed by atoms with Gasteiger partial charge in [0.05, 0.1) is 17.7 Å². The third-order valence-corrected chi connectivity index (χ3v) is 6.56. The molecular formula is C20H20N4O8S. The van der Waals surface area contributed by atoms with Crippen LogP contribution in [0, 0.1) is 10.1 Å². The van der Waals surface area contributed by atoms with Gasteiger partial charge in [0.25, 0.3) is 21.6 Å². The largest absolute Gasteiger partial charge is 0.469 e. The number of carbonyl (C=O) groups is 3. The average Bonchev–Trinajstić information content (AvgIpc) is 3.10. The molecule has 0 saturated heterocycles. The van der Waals surface area contributed by atoms with Gasteiger partial charge < -0.3 is 15.4 Å². The van der Waals surface area contributed by atoms with Crippen molar-refractivity contribution in [3.05, 3.63) is 63.7 Å². The number of sulfonamides is 1. The predicted octanol–water partition coefficient (Wildman–Crippen LogP) is 1.16. The Morgan fingerprint density at radius 3 is 2.58 bits per heavy atom. The number of nitro groups is 1. The number of hydrogen-bond donors (Lipinski definition) is 2. The smallest absolute Gasteiger partial charge is 0.305 e. The number of benzene rings is 2. The van der Waals surface area contributed by atoms with Crippen LogP contribution in [0.1, 0.15) is 28.8 Å². The second-order valence-corrected chi connectivity index (χ2v) is 8.78. The number of rotatable bonds is 9. The van der Waals surface area contributed by atoms with E-state index >= 15 is 0 Å². The highest BCUT2D eigenvalue weighted by molar-refractivity contribution is 7.92. The number of carbonyl (C=O) groups excluding carboxylic acids is 3. The van der Waals surface area contributed by atoms with E-state index in [1.165, 1.54) is 37.4 Å². The van der Waals surface area contributed by atoms with Crippen molar-refractivity contribution in [2.45, 2.75) is 30.3 Å². The van der Waals surface area contributed by atoms with Crippen LogP contribution in [0.15, 0.2) is 47.4 Å². The van der Waals surface area contributed by atoms with Gasteiger partial charge in [-0.15, -0.1) is 0 Å². The zero-order valence-electron chi connectivity index (χ0n) is 17.4. The molecule has 3 N–H and O–H groups in total. The molecule has 174 valence electrons. The van der Waals surface area contributed by atoms with Gasteiger partial charge in [0.15, 0.2) is 4.90 Å². The molecule has 1 aliphatic heterocycles. The molecule has 3 rings (SSSR count). The van der Waals surface area contributed by atoms with E-state index in [4.69, 9.17) is 5.73 Å². The first-order valence-corrected chi connectivity index (χ1v) is 11.1. The molecule has 2 amide bonds. The molecule has 1 aliphatic rings. The first-order valence-electron chi connectivity index (χ1n) is 9.62. The minimum absolute atomic E-state index is 0.0256. The average molecular weight is 476 g/mol. The van der Waals surface area contributed by atoms with E-state index in [1.807, 2.05) is 0 Å². The fraction of sp³-hybridized carbons (Fsp3) is 0.250. The maximum absolute atomic E-state index is 12.9. The lowest BCUT2D eigenvalue weighted by atomic mass is 10.1. The van der Waals surface area contributed by atoms with E-state index in [2.05, 4.69) is 9.46 Å². The SMILES string of the molecule is COC(=O)CCC(C(N)=O)N1Cc2c(NS(=O)(=O)c3ccccc3[N+](=O)[O-])cccc2C1=O. The fourth-order valence-electron chi connectivity index (χ4n) is 3.55. The van der Waals surface area contributed by atoms with Gasteiger partial charge >= 0.3 is 5.97 Å². The molecule has 2 aromatic rings. The third-order valence-electron chi connectivity index (χ3n) is 5.15. The van der Waals surface area contributed by atoms with Crippen molar-refractivity contribution in [1.29, 1.82) is 0 Å². The molecule has 33 heavy (non-hydrogen) atoms. The Morgan fingerprint density at radius 2 is 1.94 bits per heavy atom. The highest BCUT2D eigenvalue weighted by Crippen LogP contribution is 2.33. The molecule has 0 saturated carbocycles. The van der Waals surface area contributed by atoms with E-state index < -0.39 is 49.4 Å². The summed E-state index contributed by atoms with van der Waals surface area (Å²) >= 11 is 0. The van der Waals surface area contributed by atoms with Crippen molar-refractivity contribution in [1.82, 2.24) is 4.90 Å². The van der Waals surface area contributed by atoms with Gasteiger partial charge in [0.2, 0.25) is 5.91 Å². The summed E-state index contributed by atoms with van der Waals surface area (Å²) in [6.45, 7) is -0.154. The second-order valence-electron chi connectivity index (χ2n) is 7.13. The molecule has 0 radical (unpaired) electrons. The number of hydrogen-bond acceptors (Lipinski definition) is 8. The first-order chi connectivity index (χ1) is 15.6. The van der Waals surface area contributed by atoms with Crippen molar-refractivity contribution < 1.29 is 32.5 Å². The van der Waals surface area contributed by atoms with Crippen molar-refractivity contribution in [3.63, 3.8) is 0 Å². The van der Waals surface area contributed by atoms with Crippen LogP contribution in [-0.2, 0) is 30.9 Å². The number of methoxy groups -OCH3 is 1. The summed E-state index contributed by atoms with van der Waals surface area (Å²) in [4.78, 5) is 47.4. The van der Waals surface area contributed by atoms with E-state index in [9.17, 15) is 32.9 Å². The molecule has 0 bridgehead atoms. The van der Waals surface area contributed by atoms with Gasteiger partial charge in [-0.2, -0.15) is 0 Å². The lowest BCUT2D eigenvalue weighted by Crippen LogP contribution is -2.45. The normalized spacial score (nSPS) is 13.8. The standard InChI is InChI=1S/C20H20N4O8S/c1-32-18(25)10-9-16(19(21)26)23-11-13-12(20(23)27)5-4-6-14(13)22-33(30,31)17-8-3-2-7-15(17)24(28)29/h2-8,16,22H,9-11H2,1H3,(H2,21,26). The lowest BCUT2D eigenvalue weighted by molar-refractivity contribution is -0.387. The van der Waals surface area contributed by atoms with Crippen LogP contribution < -0.4 is 10.5 Å². The molecule has 0 aromatic heterocycles. The molecule has 1 atom stereocenters. The Hall–Kier alpha value is -4.00. The fourth-order valence-corrected chi connectivity index (χ4v) is 4.81. The highest BCUT2D eigenvalue weighted by Gasteiger charge is 2.37. The summed E-state index contributed by atoms with van der Waals surface area (Å²) in [6, 6.07) is 8.02. The van der Waals surface area contributed by atoms with Gasteiger partial charge in [-0.1, -0.05) is 18.2 Å². The summed E-state index contributed by atoms with van der Waals surface area (Å²) in [5, 5.41) is 11.2. The zero-order valence-corrected chi connectivity index (χ0v) is 18.2. The van der Waals surface area contributed by atoms with Gasteiger partial charge in [-0.25, -0.2) is 8.42 Å². The second kappa shape index (κ2) is 9.24. The predicted molar refractivity (Wildman–Crippen MR) is 114 cm³/mol. The number of anilines is 1. The molecule has 13 heteroatoms. The number of nitrogens with zero attached hydrogens (tertiary/aromatic N) is 2. The van der Waals surface area contributed by atoms with Crippen LogP contribution in [0.3, 0.4) is 0 Å². The summed E-state index contributed by atoms with van der Waals surface area (Å²) in [5.74, 6) is -1.98. The van der Waals surface area contributed by atoms with Crippen LogP contribution in [0.5, 0.6) is 0 Å². The molecule has 0 spiro atoms. The van der Waals surface area contributed by atoms with E-state index in [1.54, 1.807) is 0 Å². The monoisotopic (exact) mass is 476 g/mol. The van der Waals surface area contributed by atoms with Crippen molar-refractivity contribution in [3.8, 4) is 0 Å². The summed E-state index contributed by atoms with van der Waals surface area (Å²) in [5.41, 5.74) is 5.28. The number of primary amides is 1. The maximum atomic E-state index is 12.9. The Labute approximate surface area is 188 Å². The maximum Gasteiger partial charge on any atom is 0.305 e. The van der Waals surface area contributed by atoms with Crippen LogP contribution in [0.4, 0.5) is 11.4 Å². The number of ether oxygens (including phenoxy) is 1. The molecule has 0 fully saturated rings. The molecule has 2 aromatic carbocycles. The molecule has 12 nitrogen and oxygen atoms in total. The Morgan fingerprint density at radius 1 is 1.24 bits per heavy atom. The van der Waals surface area contributed by atoms with Gasteiger partial charge in [-0.05, 0) is 24.6 Å². The van der Waals surface area contributed by atoms with Crippen LogP contribution in [0.25, 0.3) is 0 Å². The minimum Gasteiger partial charge on any atom is -0.469 e. The molecule has 1 unspecified atom stereocenters. The quantitative estimate of drug-likeness (QED) is 0.307. The number of para-hydroxylation sites is 1. The van der Waals surface area contributed by atoms with Crippen molar-refractivity contribution in [2.75, 3.05) is 11.8 Å². The lowest BCUT2D eigenvalue weighted by Gasteiger charge is -2.24. The van der Waals surface area contributed by atoms with Crippen LogP contribution in [0.2, 0.25) is 0 Å². The number of esters is 1. The van der Waals surface area contributed by atoms with Gasteiger partial charge in [-0.3, -0.25) is 29.2 Å². The van der Waals surface area contributed by atoms with Crippen LogP contribution >= 0.6 is 0 Å². The number of fused-ring (bicyclic) bond motifs is 1. The van der Waals surface area contributed by atoms with Crippen molar-refractivity contribution >= 4 is 39.2 Å². The third kappa shape index (κ3) is 4.77. The van der Waals surface area contributed by atoms with Crippen LogP contribution in [-0.4, -0.2) is 49.2 Å².